The van der Waals surface area contributed by atoms with Crippen molar-refractivity contribution in [1.29, 1.82) is 0 Å². The molecule has 2 rings (SSSR count). The van der Waals surface area contributed by atoms with Crippen LogP contribution in [0.5, 0.6) is 5.75 Å². The van der Waals surface area contributed by atoms with E-state index < -0.39 is 27.3 Å². The van der Waals surface area contributed by atoms with Gasteiger partial charge in [-0.25, -0.2) is 0 Å². The zero-order valence-electron chi connectivity index (χ0n) is 9.26. The molecule has 0 aliphatic rings. The van der Waals surface area contributed by atoms with Gasteiger partial charge in [0.25, 0.3) is 0 Å². The number of aromatic amines is 1. The summed E-state index contributed by atoms with van der Waals surface area (Å²) >= 11 is 0. The summed E-state index contributed by atoms with van der Waals surface area (Å²) in [6.07, 6.45) is 0. The lowest BCUT2D eigenvalue weighted by Crippen LogP contribution is -2.09. The molecule has 0 aliphatic heterocycles. The highest BCUT2D eigenvalue weighted by Crippen LogP contribution is 2.17. The first-order valence-electron chi connectivity index (χ1n) is 4.96. The van der Waals surface area contributed by atoms with Crippen LogP contribution in [0, 0.1) is 17.0 Å². The molecule has 92 valence electrons. The predicted octanol–water partition coefficient (Wildman–Crippen LogP) is 0.811. The first-order valence-corrected chi connectivity index (χ1v) is 4.96. The van der Waals surface area contributed by atoms with Crippen LogP contribution in [-0.2, 0) is 0 Å². The predicted molar refractivity (Wildman–Crippen MR) is 63.9 cm³/mol. The van der Waals surface area contributed by atoms with Crippen molar-refractivity contribution < 1.29 is 10.0 Å². The Morgan fingerprint density at radius 1 is 1.33 bits per heavy atom. The van der Waals surface area contributed by atoms with Crippen LogP contribution in [0.2, 0.25) is 0 Å². The number of benzene rings is 1. The molecule has 0 atom stereocenters. The van der Waals surface area contributed by atoms with Crippen LogP contribution >= 0.6 is 0 Å². The molecule has 7 heteroatoms. The van der Waals surface area contributed by atoms with Gasteiger partial charge >= 0.3 is 11.2 Å². The normalized spacial score (nSPS) is 10.5. The molecular formula is C11H8N2O5. The second-order valence-electron chi connectivity index (χ2n) is 3.79. The Morgan fingerprint density at radius 2 is 2.00 bits per heavy atom. The Hall–Kier alpha value is -2.70. The van der Waals surface area contributed by atoms with Crippen molar-refractivity contribution in [1.82, 2.24) is 4.98 Å². The SMILES string of the molecule is Cc1ccc2c(=O)c(O)c([N+](=O)[O-])c(=O)[nH]c2c1. The molecule has 0 bridgehead atoms. The van der Waals surface area contributed by atoms with Gasteiger partial charge in [0.15, 0.2) is 0 Å². The lowest BCUT2D eigenvalue weighted by molar-refractivity contribution is -0.387. The fraction of sp³-hybridized carbons (Fsp3) is 0.0909. The summed E-state index contributed by atoms with van der Waals surface area (Å²) in [7, 11) is 0. The Labute approximate surface area is 99.5 Å². The van der Waals surface area contributed by atoms with E-state index >= 15 is 0 Å². The number of aromatic hydroxyl groups is 1. The van der Waals surface area contributed by atoms with Gasteiger partial charge in [-0.3, -0.25) is 19.7 Å². The van der Waals surface area contributed by atoms with Crippen LogP contribution in [0.15, 0.2) is 27.8 Å². The summed E-state index contributed by atoms with van der Waals surface area (Å²) in [4.78, 5) is 35.2. The second-order valence-corrected chi connectivity index (χ2v) is 3.79. The number of fused-ring (bicyclic) bond motifs is 1. The molecule has 0 aliphatic carbocycles. The van der Waals surface area contributed by atoms with Crippen molar-refractivity contribution in [3.05, 3.63) is 54.5 Å². The number of rotatable bonds is 1. The highest BCUT2D eigenvalue weighted by Gasteiger charge is 2.22. The van der Waals surface area contributed by atoms with Gasteiger partial charge in [-0.1, -0.05) is 6.07 Å². The molecule has 2 N–H and O–H groups in total. The Balaban J connectivity index is 3.14. The zero-order chi connectivity index (χ0) is 13.4. The maximum atomic E-state index is 11.8. The van der Waals surface area contributed by atoms with Crippen LogP contribution in [-0.4, -0.2) is 15.0 Å². The van der Waals surface area contributed by atoms with E-state index in [0.29, 0.717) is 0 Å². The van der Waals surface area contributed by atoms with E-state index in [1.165, 1.54) is 12.1 Å². The molecule has 0 amide bonds. The molecule has 0 saturated heterocycles. The fourth-order valence-corrected chi connectivity index (χ4v) is 1.65. The van der Waals surface area contributed by atoms with Crippen molar-refractivity contribution in [3.63, 3.8) is 0 Å². The lowest BCUT2D eigenvalue weighted by Gasteiger charge is -1.93. The summed E-state index contributed by atoms with van der Waals surface area (Å²) in [5.41, 5.74) is -2.29. The van der Waals surface area contributed by atoms with Crippen molar-refractivity contribution in [2.75, 3.05) is 0 Å². The molecule has 0 fully saturated rings. The molecule has 0 saturated carbocycles. The fourth-order valence-electron chi connectivity index (χ4n) is 1.65. The number of hydrogen-bond donors (Lipinski definition) is 2. The zero-order valence-corrected chi connectivity index (χ0v) is 9.26. The Morgan fingerprint density at radius 3 is 2.61 bits per heavy atom. The first-order chi connectivity index (χ1) is 8.41. The van der Waals surface area contributed by atoms with E-state index in [4.69, 9.17) is 0 Å². The van der Waals surface area contributed by atoms with Crippen LogP contribution in [0.1, 0.15) is 5.56 Å². The van der Waals surface area contributed by atoms with Crippen LogP contribution < -0.4 is 11.0 Å². The smallest absolute Gasteiger partial charge is 0.379 e. The second kappa shape index (κ2) is 3.95. The molecular weight excluding hydrogens is 240 g/mol. The summed E-state index contributed by atoms with van der Waals surface area (Å²) in [5, 5.41) is 20.2. The van der Waals surface area contributed by atoms with Gasteiger partial charge in [0.1, 0.15) is 0 Å². The number of aromatic nitrogens is 1. The lowest BCUT2D eigenvalue weighted by atomic mass is 10.1. The molecule has 0 radical (unpaired) electrons. The van der Waals surface area contributed by atoms with E-state index in [1.807, 2.05) is 0 Å². The summed E-state index contributed by atoms with van der Waals surface area (Å²) in [6.45, 7) is 1.74. The minimum Gasteiger partial charge on any atom is -0.499 e. The van der Waals surface area contributed by atoms with Crippen molar-refractivity contribution >= 4 is 16.6 Å². The summed E-state index contributed by atoms with van der Waals surface area (Å²) in [6, 6.07) is 4.50. The molecule has 1 aromatic heterocycles. The maximum Gasteiger partial charge on any atom is 0.379 e. The third-order valence-electron chi connectivity index (χ3n) is 2.50. The van der Waals surface area contributed by atoms with Gasteiger partial charge in [0, 0.05) is 5.39 Å². The standard InChI is InChI=1S/C11H8N2O5/c1-5-2-3-6-7(4-5)12-11(16)8(13(17)18)10(15)9(6)14/h2-4H,1H3,(H,12,16)(H,14,15). The minimum atomic E-state index is -1.15. The molecule has 0 unspecified atom stereocenters. The van der Waals surface area contributed by atoms with E-state index in [2.05, 4.69) is 4.98 Å². The largest absolute Gasteiger partial charge is 0.499 e. The monoisotopic (exact) mass is 248 g/mol. The third kappa shape index (κ3) is 1.71. The quantitative estimate of drug-likeness (QED) is 0.572. The van der Waals surface area contributed by atoms with E-state index in [9.17, 15) is 24.8 Å². The summed E-state index contributed by atoms with van der Waals surface area (Å²) in [5.74, 6) is -1.15. The van der Waals surface area contributed by atoms with E-state index in [-0.39, 0.29) is 10.9 Å². The molecule has 7 nitrogen and oxygen atoms in total. The number of nitrogens with one attached hydrogen (secondary N) is 1. The molecule has 1 heterocycles. The highest BCUT2D eigenvalue weighted by atomic mass is 16.6. The topological polar surface area (TPSA) is 113 Å². The van der Waals surface area contributed by atoms with Crippen molar-refractivity contribution in [2.45, 2.75) is 6.92 Å². The first kappa shape index (κ1) is 11.8. The van der Waals surface area contributed by atoms with E-state index in [0.717, 1.165) is 5.56 Å². The summed E-state index contributed by atoms with van der Waals surface area (Å²) < 4.78 is 0. The van der Waals surface area contributed by atoms with Gasteiger partial charge in [-0.05, 0) is 24.6 Å². The highest BCUT2D eigenvalue weighted by molar-refractivity contribution is 5.80. The minimum absolute atomic E-state index is 0.0169. The van der Waals surface area contributed by atoms with Gasteiger partial charge in [0.2, 0.25) is 11.2 Å². The molecule has 0 spiro atoms. The molecule has 1 aromatic carbocycles. The number of nitrogens with zero attached hydrogens (tertiary/aromatic N) is 1. The van der Waals surface area contributed by atoms with Crippen molar-refractivity contribution in [2.24, 2.45) is 0 Å². The molecule has 2 aromatic rings. The Bertz CT molecular complexity index is 779. The van der Waals surface area contributed by atoms with Crippen LogP contribution in [0.4, 0.5) is 5.69 Å². The number of nitro groups is 1. The van der Waals surface area contributed by atoms with Crippen LogP contribution in [0.25, 0.3) is 10.9 Å². The number of hydrogen-bond acceptors (Lipinski definition) is 5. The van der Waals surface area contributed by atoms with Gasteiger partial charge in [-0.2, -0.15) is 0 Å². The number of aryl methyl sites for hydroxylation is 1. The van der Waals surface area contributed by atoms with Gasteiger partial charge in [-0.15, -0.1) is 0 Å². The van der Waals surface area contributed by atoms with Crippen LogP contribution in [0.3, 0.4) is 0 Å². The third-order valence-corrected chi connectivity index (χ3v) is 2.50. The van der Waals surface area contributed by atoms with Gasteiger partial charge < -0.3 is 10.1 Å². The van der Waals surface area contributed by atoms with Gasteiger partial charge in [0.05, 0.1) is 10.4 Å². The average molecular weight is 248 g/mol. The Kier molecular flexibility index (Phi) is 2.59. The van der Waals surface area contributed by atoms with E-state index in [1.54, 1.807) is 13.0 Å². The van der Waals surface area contributed by atoms with Crippen molar-refractivity contribution in [3.8, 4) is 5.75 Å². The molecule has 18 heavy (non-hydrogen) atoms. The average Bonchev–Trinajstić information content (AvgIpc) is 2.35. The maximum absolute atomic E-state index is 11.8. The number of H-pyrrole nitrogens is 1.